The summed E-state index contributed by atoms with van der Waals surface area (Å²) < 4.78 is 12.4. The van der Waals surface area contributed by atoms with Crippen molar-refractivity contribution in [2.45, 2.75) is 71.9 Å². The molecule has 17 heavy (non-hydrogen) atoms. The lowest BCUT2D eigenvalue weighted by atomic mass is 9.72. The van der Waals surface area contributed by atoms with Gasteiger partial charge in [-0.3, -0.25) is 4.57 Å². The number of rotatable bonds is 5. The fourth-order valence-electron chi connectivity index (χ4n) is 3.29. The smallest absolute Gasteiger partial charge is 0.203 e. The molecule has 0 heterocycles. The Bertz CT molecular complexity index is 286. The van der Waals surface area contributed by atoms with Crippen LogP contribution in [0.15, 0.2) is 0 Å². The lowest BCUT2D eigenvalue weighted by molar-refractivity contribution is 0.188. The quantitative estimate of drug-likeness (QED) is 0.576. The highest BCUT2D eigenvalue weighted by atomic mass is 31.2. The van der Waals surface area contributed by atoms with Crippen LogP contribution in [-0.4, -0.2) is 16.7 Å². The maximum Gasteiger partial charge on any atom is 0.203 e. The first kappa shape index (κ1) is 15.2. The maximum atomic E-state index is 12.4. The van der Waals surface area contributed by atoms with E-state index in [1.165, 1.54) is 0 Å². The SMILES string of the molecule is CCCCCP(=O)(O)C1CCC(C)(C)CC1C. The Morgan fingerprint density at radius 2 is 2.00 bits per heavy atom. The highest BCUT2D eigenvalue weighted by Gasteiger charge is 2.41. The zero-order valence-corrected chi connectivity index (χ0v) is 12.8. The molecular weight excluding hydrogens is 231 g/mol. The fraction of sp³-hybridized carbons (Fsp3) is 1.00. The third-order valence-corrected chi connectivity index (χ3v) is 7.01. The summed E-state index contributed by atoms with van der Waals surface area (Å²) in [6.07, 6.45) is 6.78. The lowest BCUT2D eigenvalue weighted by Crippen LogP contribution is -2.32. The van der Waals surface area contributed by atoms with Crippen molar-refractivity contribution in [1.29, 1.82) is 0 Å². The van der Waals surface area contributed by atoms with Gasteiger partial charge >= 0.3 is 0 Å². The predicted octanol–water partition coefficient (Wildman–Crippen LogP) is 4.66. The van der Waals surface area contributed by atoms with Crippen molar-refractivity contribution >= 4 is 7.37 Å². The first-order valence-corrected chi connectivity index (χ1v) is 9.01. The molecule has 0 aromatic heterocycles. The fourth-order valence-corrected chi connectivity index (χ4v) is 5.73. The molecule has 0 radical (unpaired) electrons. The van der Waals surface area contributed by atoms with Crippen LogP contribution in [-0.2, 0) is 4.57 Å². The Labute approximate surface area is 107 Å². The van der Waals surface area contributed by atoms with E-state index in [2.05, 4.69) is 27.7 Å². The van der Waals surface area contributed by atoms with E-state index in [9.17, 15) is 9.46 Å². The van der Waals surface area contributed by atoms with Gasteiger partial charge in [-0.2, -0.15) is 0 Å². The highest BCUT2D eigenvalue weighted by molar-refractivity contribution is 7.58. The number of hydrogen-bond donors (Lipinski definition) is 1. The summed E-state index contributed by atoms with van der Waals surface area (Å²) in [6, 6.07) is 0. The first-order valence-electron chi connectivity index (χ1n) is 7.10. The molecule has 3 heteroatoms. The van der Waals surface area contributed by atoms with Crippen LogP contribution in [0.2, 0.25) is 0 Å². The molecule has 0 aliphatic heterocycles. The molecule has 0 spiro atoms. The minimum absolute atomic E-state index is 0.0624. The third-order valence-electron chi connectivity index (χ3n) is 4.25. The Kier molecular flexibility index (Phi) is 5.28. The molecule has 0 saturated heterocycles. The second kappa shape index (κ2) is 5.89. The standard InChI is InChI=1S/C14H29O2P/c1-5-6-7-10-17(15,16)13-8-9-14(3,4)11-12(13)2/h12-13H,5-11H2,1-4H3,(H,15,16). The van der Waals surface area contributed by atoms with E-state index in [0.29, 0.717) is 17.5 Å². The Morgan fingerprint density at radius 3 is 2.53 bits per heavy atom. The molecule has 1 rings (SSSR count). The van der Waals surface area contributed by atoms with Crippen LogP contribution in [0.25, 0.3) is 0 Å². The molecule has 102 valence electrons. The molecule has 1 aliphatic rings. The molecule has 2 nitrogen and oxygen atoms in total. The summed E-state index contributed by atoms with van der Waals surface area (Å²) in [5.74, 6) is 0.399. The van der Waals surface area contributed by atoms with E-state index < -0.39 is 7.37 Å². The van der Waals surface area contributed by atoms with Gasteiger partial charge in [0.25, 0.3) is 0 Å². The van der Waals surface area contributed by atoms with Gasteiger partial charge in [-0.25, -0.2) is 0 Å². The summed E-state index contributed by atoms with van der Waals surface area (Å²) in [6.45, 7) is 8.85. The van der Waals surface area contributed by atoms with Crippen LogP contribution in [0, 0.1) is 11.3 Å². The Hall–Kier alpha value is 0.190. The average Bonchev–Trinajstić information content (AvgIpc) is 2.15. The molecule has 1 aliphatic carbocycles. The van der Waals surface area contributed by atoms with Crippen LogP contribution in [0.3, 0.4) is 0 Å². The maximum absolute atomic E-state index is 12.4. The normalized spacial score (nSPS) is 32.1. The minimum atomic E-state index is -2.91. The zero-order chi connectivity index (χ0) is 13.1. The van der Waals surface area contributed by atoms with Crippen LogP contribution in [0.5, 0.6) is 0 Å². The van der Waals surface area contributed by atoms with Crippen LogP contribution in [0.1, 0.15) is 66.2 Å². The zero-order valence-electron chi connectivity index (χ0n) is 11.9. The summed E-state index contributed by atoms with van der Waals surface area (Å²) in [7, 11) is -2.91. The molecule has 0 aromatic carbocycles. The molecule has 3 unspecified atom stereocenters. The van der Waals surface area contributed by atoms with Crippen LogP contribution in [0.4, 0.5) is 0 Å². The van der Waals surface area contributed by atoms with Gasteiger partial charge in [0, 0.05) is 11.8 Å². The first-order chi connectivity index (χ1) is 7.78. The van der Waals surface area contributed by atoms with Crippen molar-refractivity contribution in [1.82, 2.24) is 0 Å². The van der Waals surface area contributed by atoms with Gasteiger partial charge in [-0.15, -0.1) is 0 Å². The molecule has 3 atom stereocenters. The van der Waals surface area contributed by atoms with E-state index in [4.69, 9.17) is 0 Å². The Morgan fingerprint density at radius 1 is 1.35 bits per heavy atom. The molecule has 0 bridgehead atoms. The van der Waals surface area contributed by atoms with Gasteiger partial charge in [-0.05, 0) is 37.0 Å². The largest absolute Gasteiger partial charge is 0.344 e. The van der Waals surface area contributed by atoms with Crippen LogP contribution < -0.4 is 0 Å². The molecule has 1 N–H and O–H groups in total. The van der Waals surface area contributed by atoms with Crippen molar-refractivity contribution in [3.8, 4) is 0 Å². The summed E-state index contributed by atoms with van der Waals surface area (Å²) in [4.78, 5) is 10.3. The van der Waals surface area contributed by atoms with Gasteiger partial charge < -0.3 is 4.89 Å². The monoisotopic (exact) mass is 260 g/mol. The van der Waals surface area contributed by atoms with Crippen molar-refractivity contribution in [3.05, 3.63) is 0 Å². The van der Waals surface area contributed by atoms with E-state index in [-0.39, 0.29) is 5.66 Å². The van der Waals surface area contributed by atoms with E-state index in [1.807, 2.05) is 0 Å². The number of hydrogen-bond acceptors (Lipinski definition) is 1. The average molecular weight is 260 g/mol. The molecule has 0 amide bonds. The second-order valence-corrected chi connectivity index (χ2v) is 9.26. The van der Waals surface area contributed by atoms with Crippen molar-refractivity contribution in [2.75, 3.05) is 6.16 Å². The lowest BCUT2D eigenvalue weighted by Gasteiger charge is -2.40. The van der Waals surface area contributed by atoms with E-state index >= 15 is 0 Å². The van der Waals surface area contributed by atoms with E-state index in [1.54, 1.807) is 0 Å². The van der Waals surface area contributed by atoms with Gasteiger partial charge in [-0.1, -0.05) is 40.5 Å². The summed E-state index contributed by atoms with van der Waals surface area (Å²) >= 11 is 0. The summed E-state index contributed by atoms with van der Waals surface area (Å²) in [5.41, 5.74) is 0.423. The van der Waals surface area contributed by atoms with Gasteiger partial charge in [0.1, 0.15) is 0 Å². The minimum Gasteiger partial charge on any atom is -0.344 e. The van der Waals surface area contributed by atoms with Gasteiger partial charge in [0.2, 0.25) is 7.37 Å². The van der Waals surface area contributed by atoms with Gasteiger partial charge in [0.15, 0.2) is 0 Å². The van der Waals surface area contributed by atoms with Crippen LogP contribution >= 0.6 is 7.37 Å². The van der Waals surface area contributed by atoms with Gasteiger partial charge in [0.05, 0.1) is 0 Å². The second-order valence-electron chi connectivity index (χ2n) is 6.64. The topological polar surface area (TPSA) is 37.3 Å². The molecular formula is C14H29O2P. The van der Waals surface area contributed by atoms with Crippen molar-refractivity contribution in [3.63, 3.8) is 0 Å². The summed E-state index contributed by atoms with van der Waals surface area (Å²) in [5, 5.41) is 0. The molecule has 0 aromatic rings. The molecule has 1 fully saturated rings. The Balaban J connectivity index is 2.57. The highest BCUT2D eigenvalue weighted by Crippen LogP contribution is 2.57. The van der Waals surface area contributed by atoms with E-state index in [0.717, 1.165) is 38.5 Å². The predicted molar refractivity (Wildman–Crippen MR) is 74.8 cm³/mol. The molecule has 1 saturated carbocycles. The van der Waals surface area contributed by atoms with Crippen molar-refractivity contribution in [2.24, 2.45) is 11.3 Å². The third kappa shape index (κ3) is 4.41. The number of unbranched alkanes of at least 4 members (excludes halogenated alkanes) is 2. The van der Waals surface area contributed by atoms with Crippen molar-refractivity contribution < 1.29 is 9.46 Å².